The van der Waals surface area contributed by atoms with Crippen LogP contribution in [-0.2, 0) is 16.1 Å². The number of carbonyl (C=O) groups is 2. The van der Waals surface area contributed by atoms with E-state index in [0.29, 0.717) is 22.6 Å². The number of carbonyl (C=O) groups excluding carboxylic acids is 2. The molecule has 0 spiro atoms. The van der Waals surface area contributed by atoms with Gasteiger partial charge in [-0.3, -0.25) is 9.59 Å². The standard InChI is InChI=1S/C27H29N3O4/c1-17(23-14-19-11-12-20(23)13-19)28-24(31)16-34-27(33)25-21-9-5-6-10-22(21)26(32)30(29-25)15-18-7-3-2-4-8-18/h2-10,17,19-20,23H,11-16H2,1H3,(H,28,31). The van der Waals surface area contributed by atoms with Gasteiger partial charge in [-0.05, 0) is 55.6 Å². The van der Waals surface area contributed by atoms with Crippen LogP contribution in [0.5, 0.6) is 0 Å². The summed E-state index contributed by atoms with van der Waals surface area (Å²) >= 11 is 0. The van der Waals surface area contributed by atoms with E-state index in [1.807, 2.05) is 37.3 Å². The maximum Gasteiger partial charge on any atom is 0.359 e. The van der Waals surface area contributed by atoms with Crippen molar-refractivity contribution in [2.75, 3.05) is 6.61 Å². The molecule has 1 aromatic heterocycles. The van der Waals surface area contributed by atoms with Gasteiger partial charge in [-0.15, -0.1) is 0 Å². The van der Waals surface area contributed by atoms with Gasteiger partial charge in [0.1, 0.15) is 0 Å². The summed E-state index contributed by atoms with van der Waals surface area (Å²) in [6.07, 6.45) is 5.01. The Kier molecular flexibility index (Phi) is 6.18. The molecule has 1 N–H and O–H groups in total. The fourth-order valence-electron chi connectivity index (χ4n) is 5.76. The lowest BCUT2D eigenvalue weighted by molar-refractivity contribution is -0.125. The van der Waals surface area contributed by atoms with Crippen LogP contribution in [0, 0.1) is 17.8 Å². The molecule has 2 aliphatic rings. The Labute approximate surface area is 198 Å². The Hall–Kier alpha value is -3.48. The van der Waals surface area contributed by atoms with E-state index >= 15 is 0 Å². The number of hydrogen-bond acceptors (Lipinski definition) is 5. The van der Waals surface area contributed by atoms with Gasteiger partial charge in [0, 0.05) is 11.4 Å². The molecule has 4 atom stereocenters. The highest BCUT2D eigenvalue weighted by molar-refractivity contribution is 6.02. The number of ether oxygens (including phenoxy) is 1. The molecule has 7 heteroatoms. The van der Waals surface area contributed by atoms with Gasteiger partial charge in [0.25, 0.3) is 11.5 Å². The number of fused-ring (bicyclic) bond motifs is 3. The van der Waals surface area contributed by atoms with Crippen molar-refractivity contribution in [2.45, 2.75) is 45.2 Å². The first-order chi connectivity index (χ1) is 16.5. The molecule has 0 aliphatic heterocycles. The Morgan fingerprint density at radius 1 is 1.06 bits per heavy atom. The fraction of sp³-hybridized carbons (Fsp3) is 0.407. The first-order valence-corrected chi connectivity index (χ1v) is 12.0. The molecule has 2 fully saturated rings. The second kappa shape index (κ2) is 9.41. The molecule has 2 bridgehead atoms. The Balaban J connectivity index is 1.30. The zero-order chi connectivity index (χ0) is 23.7. The number of nitrogens with one attached hydrogen (secondary N) is 1. The van der Waals surface area contributed by atoms with Crippen LogP contribution in [0.2, 0.25) is 0 Å². The van der Waals surface area contributed by atoms with Crippen LogP contribution in [0.3, 0.4) is 0 Å². The van der Waals surface area contributed by atoms with E-state index < -0.39 is 5.97 Å². The SMILES string of the molecule is CC(NC(=O)COC(=O)c1nn(Cc2ccccc2)c(=O)c2ccccc12)C1CC2CCC1C2. The van der Waals surface area contributed by atoms with E-state index in [0.717, 1.165) is 11.5 Å². The summed E-state index contributed by atoms with van der Waals surface area (Å²) in [4.78, 5) is 38.4. The van der Waals surface area contributed by atoms with Crippen molar-refractivity contribution in [1.82, 2.24) is 15.1 Å². The molecular weight excluding hydrogens is 430 g/mol. The van der Waals surface area contributed by atoms with Gasteiger partial charge in [0.05, 0.1) is 11.9 Å². The van der Waals surface area contributed by atoms with Crippen LogP contribution in [-0.4, -0.2) is 34.3 Å². The van der Waals surface area contributed by atoms with E-state index in [1.165, 1.54) is 30.4 Å². The summed E-state index contributed by atoms with van der Waals surface area (Å²) in [5, 5.41) is 8.13. The van der Waals surface area contributed by atoms with E-state index in [4.69, 9.17) is 4.74 Å². The normalized spacial score (nSPS) is 22.0. The molecule has 0 saturated heterocycles. The zero-order valence-electron chi connectivity index (χ0n) is 19.3. The van der Waals surface area contributed by atoms with Crippen LogP contribution in [0.25, 0.3) is 10.8 Å². The average Bonchev–Trinajstić information content (AvgIpc) is 3.49. The summed E-state index contributed by atoms with van der Waals surface area (Å²) in [5.74, 6) is 0.971. The molecule has 1 heterocycles. The van der Waals surface area contributed by atoms with Gasteiger partial charge in [-0.1, -0.05) is 55.0 Å². The average molecular weight is 460 g/mol. The Bertz CT molecular complexity index is 1270. The van der Waals surface area contributed by atoms with Gasteiger partial charge in [-0.25, -0.2) is 9.48 Å². The van der Waals surface area contributed by atoms with Gasteiger partial charge in [0.2, 0.25) is 0 Å². The van der Waals surface area contributed by atoms with Crippen molar-refractivity contribution in [3.63, 3.8) is 0 Å². The van der Waals surface area contributed by atoms with E-state index in [2.05, 4.69) is 10.4 Å². The number of amides is 1. The van der Waals surface area contributed by atoms with Crippen LogP contribution < -0.4 is 10.9 Å². The fourth-order valence-corrected chi connectivity index (χ4v) is 5.76. The largest absolute Gasteiger partial charge is 0.451 e. The summed E-state index contributed by atoms with van der Waals surface area (Å²) in [6.45, 7) is 1.89. The molecule has 3 aromatic rings. The van der Waals surface area contributed by atoms with Crippen LogP contribution in [0.4, 0.5) is 0 Å². The van der Waals surface area contributed by atoms with Crippen molar-refractivity contribution in [3.05, 3.63) is 76.2 Å². The maximum absolute atomic E-state index is 13.0. The van der Waals surface area contributed by atoms with Crippen LogP contribution >= 0.6 is 0 Å². The van der Waals surface area contributed by atoms with Crippen molar-refractivity contribution in [2.24, 2.45) is 17.8 Å². The predicted molar refractivity (Wildman–Crippen MR) is 128 cm³/mol. The van der Waals surface area contributed by atoms with Crippen molar-refractivity contribution >= 4 is 22.6 Å². The van der Waals surface area contributed by atoms with Crippen molar-refractivity contribution in [1.29, 1.82) is 0 Å². The minimum absolute atomic E-state index is 0.0279. The monoisotopic (exact) mass is 459 g/mol. The molecule has 0 radical (unpaired) electrons. The molecule has 176 valence electrons. The van der Waals surface area contributed by atoms with E-state index in [1.54, 1.807) is 24.3 Å². The number of hydrogen-bond donors (Lipinski definition) is 1. The predicted octanol–water partition coefficient (Wildman–Crippen LogP) is 3.54. The number of esters is 1. The smallest absolute Gasteiger partial charge is 0.359 e. The molecule has 34 heavy (non-hydrogen) atoms. The third-order valence-electron chi connectivity index (χ3n) is 7.39. The Morgan fingerprint density at radius 2 is 1.79 bits per heavy atom. The molecular formula is C27H29N3O4. The highest BCUT2D eigenvalue weighted by Crippen LogP contribution is 2.49. The lowest BCUT2D eigenvalue weighted by Crippen LogP contribution is -2.42. The Morgan fingerprint density at radius 3 is 2.50 bits per heavy atom. The summed E-state index contributed by atoms with van der Waals surface area (Å²) < 4.78 is 6.61. The highest BCUT2D eigenvalue weighted by atomic mass is 16.5. The van der Waals surface area contributed by atoms with Crippen LogP contribution in [0.1, 0.15) is 48.7 Å². The molecule has 2 aliphatic carbocycles. The summed E-state index contributed by atoms with van der Waals surface area (Å²) in [7, 11) is 0. The quantitative estimate of drug-likeness (QED) is 0.546. The van der Waals surface area contributed by atoms with E-state index in [-0.39, 0.29) is 36.4 Å². The molecule has 4 unspecified atom stereocenters. The van der Waals surface area contributed by atoms with Gasteiger partial charge in [0.15, 0.2) is 12.3 Å². The first-order valence-electron chi connectivity index (χ1n) is 12.0. The first kappa shape index (κ1) is 22.3. The third-order valence-corrected chi connectivity index (χ3v) is 7.39. The lowest BCUT2D eigenvalue weighted by Gasteiger charge is -2.28. The van der Waals surface area contributed by atoms with Gasteiger partial charge < -0.3 is 10.1 Å². The lowest BCUT2D eigenvalue weighted by atomic mass is 9.84. The van der Waals surface area contributed by atoms with Gasteiger partial charge >= 0.3 is 5.97 Å². The van der Waals surface area contributed by atoms with Crippen molar-refractivity contribution in [3.8, 4) is 0 Å². The number of benzene rings is 2. The molecule has 2 saturated carbocycles. The number of rotatable bonds is 7. The summed E-state index contributed by atoms with van der Waals surface area (Å²) in [6, 6.07) is 16.3. The maximum atomic E-state index is 13.0. The molecule has 7 nitrogen and oxygen atoms in total. The highest BCUT2D eigenvalue weighted by Gasteiger charge is 2.42. The minimum atomic E-state index is -0.722. The van der Waals surface area contributed by atoms with Gasteiger partial charge in [-0.2, -0.15) is 5.10 Å². The minimum Gasteiger partial charge on any atom is -0.451 e. The van der Waals surface area contributed by atoms with E-state index in [9.17, 15) is 14.4 Å². The number of nitrogens with zero attached hydrogens (tertiary/aromatic N) is 2. The zero-order valence-corrected chi connectivity index (χ0v) is 19.3. The molecule has 2 aromatic carbocycles. The van der Waals surface area contributed by atoms with Crippen LogP contribution in [0.15, 0.2) is 59.4 Å². The molecule has 1 amide bonds. The second-order valence-corrected chi connectivity index (χ2v) is 9.61. The second-order valence-electron chi connectivity index (χ2n) is 9.61. The topological polar surface area (TPSA) is 90.3 Å². The summed E-state index contributed by atoms with van der Waals surface area (Å²) in [5.41, 5.74) is 0.634. The van der Waals surface area contributed by atoms with Crippen molar-refractivity contribution < 1.29 is 14.3 Å². The third kappa shape index (κ3) is 4.47. The number of aromatic nitrogens is 2. The molecule has 5 rings (SSSR count).